The molecule has 0 bridgehead atoms. The number of unbranched alkanes of at least 4 members (excludes halogenated alkanes) is 8. The molecule has 0 aliphatic heterocycles. The van der Waals surface area contributed by atoms with Crippen molar-refractivity contribution in [3.05, 3.63) is 12.2 Å². The van der Waals surface area contributed by atoms with Crippen LogP contribution in [0.15, 0.2) is 12.2 Å². The molecule has 0 fully saturated rings. The van der Waals surface area contributed by atoms with Gasteiger partial charge in [-0.1, -0.05) is 70.9 Å². The maximum atomic E-state index is 11.3. The van der Waals surface area contributed by atoms with Gasteiger partial charge < -0.3 is 9.84 Å². The molecule has 1 N–H and O–H groups in total. The Kier molecular flexibility index (Phi) is 17.9. The summed E-state index contributed by atoms with van der Waals surface area (Å²) in [6.07, 6.45) is 19.1. The van der Waals surface area contributed by atoms with Crippen LogP contribution in [-0.2, 0) is 9.53 Å². The third-order valence-corrected chi connectivity index (χ3v) is 4.18. The molecule has 24 heavy (non-hydrogen) atoms. The quantitative estimate of drug-likeness (QED) is 0.202. The Hall–Kier alpha value is -0.830. The Bertz CT molecular complexity index is 299. The van der Waals surface area contributed by atoms with Gasteiger partial charge in [0.1, 0.15) is 0 Å². The van der Waals surface area contributed by atoms with Crippen molar-refractivity contribution in [3.8, 4) is 0 Å². The largest absolute Gasteiger partial charge is 0.466 e. The lowest BCUT2D eigenvalue weighted by molar-refractivity contribution is -0.143. The minimum Gasteiger partial charge on any atom is -0.466 e. The molecule has 0 aromatic rings. The molecule has 3 heteroatoms. The van der Waals surface area contributed by atoms with Crippen molar-refractivity contribution in [2.75, 3.05) is 6.61 Å². The Morgan fingerprint density at radius 3 is 2.38 bits per heavy atom. The fraction of sp³-hybridized carbons (Fsp3) is 0.857. The first-order valence-electron chi connectivity index (χ1n) is 10.2. The van der Waals surface area contributed by atoms with Gasteiger partial charge in [-0.05, 0) is 38.5 Å². The molecule has 0 amide bonds. The molecular weight excluding hydrogens is 300 g/mol. The maximum absolute atomic E-state index is 11.3. The molecule has 0 rings (SSSR count). The van der Waals surface area contributed by atoms with E-state index in [-0.39, 0.29) is 12.1 Å². The van der Waals surface area contributed by atoms with Gasteiger partial charge in [0.2, 0.25) is 0 Å². The zero-order valence-electron chi connectivity index (χ0n) is 16.1. The molecule has 142 valence electrons. The number of ether oxygens (including phenoxy) is 1. The molecule has 1 atom stereocenters. The fourth-order valence-corrected chi connectivity index (χ4v) is 2.65. The maximum Gasteiger partial charge on any atom is 0.305 e. The number of esters is 1. The number of aliphatic hydroxyl groups is 1. The Morgan fingerprint density at radius 2 is 1.62 bits per heavy atom. The second-order valence-electron chi connectivity index (χ2n) is 6.74. The summed E-state index contributed by atoms with van der Waals surface area (Å²) in [4.78, 5) is 11.3. The number of rotatable bonds is 17. The van der Waals surface area contributed by atoms with Gasteiger partial charge >= 0.3 is 5.97 Å². The summed E-state index contributed by atoms with van der Waals surface area (Å²) in [5.74, 6) is -0.0481. The molecule has 0 radical (unpaired) electrons. The van der Waals surface area contributed by atoms with E-state index in [9.17, 15) is 9.90 Å². The molecular formula is C21H40O3. The number of carbonyl (C=O) groups excluding carboxylic acids is 1. The van der Waals surface area contributed by atoms with Crippen LogP contribution >= 0.6 is 0 Å². The molecule has 0 aliphatic rings. The highest BCUT2D eigenvalue weighted by Crippen LogP contribution is 2.10. The van der Waals surface area contributed by atoms with E-state index >= 15 is 0 Å². The van der Waals surface area contributed by atoms with Crippen molar-refractivity contribution in [2.45, 2.75) is 110 Å². The molecule has 0 spiro atoms. The van der Waals surface area contributed by atoms with Crippen LogP contribution in [0.3, 0.4) is 0 Å². The van der Waals surface area contributed by atoms with E-state index in [0.717, 1.165) is 44.9 Å². The minimum atomic E-state index is -0.162. The normalized spacial score (nSPS) is 12.6. The predicted molar refractivity (Wildman–Crippen MR) is 102 cm³/mol. The van der Waals surface area contributed by atoms with Crippen LogP contribution < -0.4 is 0 Å². The van der Waals surface area contributed by atoms with Gasteiger partial charge in [0.15, 0.2) is 0 Å². The standard InChI is InChI=1S/C21H40O3/c1-3-5-6-13-16-20(22)17-14-11-9-7-8-10-12-15-18-21(23)24-19-4-2/h11,14,20,22H,3-10,12-13,15-19H2,1-2H3/b14-11-/t20-/m1/s1. The van der Waals surface area contributed by atoms with Crippen molar-refractivity contribution in [3.63, 3.8) is 0 Å². The zero-order valence-corrected chi connectivity index (χ0v) is 16.1. The molecule has 0 aliphatic carbocycles. The summed E-state index contributed by atoms with van der Waals surface area (Å²) in [5, 5.41) is 9.86. The van der Waals surface area contributed by atoms with Crippen molar-refractivity contribution in [1.82, 2.24) is 0 Å². The van der Waals surface area contributed by atoms with Crippen LogP contribution in [-0.4, -0.2) is 23.8 Å². The van der Waals surface area contributed by atoms with E-state index < -0.39 is 0 Å². The Labute approximate surface area is 149 Å². The van der Waals surface area contributed by atoms with Gasteiger partial charge in [0.05, 0.1) is 12.7 Å². The van der Waals surface area contributed by atoms with Crippen LogP contribution in [0.1, 0.15) is 104 Å². The van der Waals surface area contributed by atoms with Gasteiger partial charge in [-0.3, -0.25) is 4.79 Å². The SMILES string of the molecule is CCCCCC[C@@H](O)C/C=C\CCCCCCCC(=O)OCCC. The van der Waals surface area contributed by atoms with E-state index in [1.54, 1.807) is 0 Å². The molecule has 0 saturated heterocycles. The molecule has 0 unspecified atom stereocenters. The number of allylic oxidation sites excluding steroid dienone is 1. The van der Waals surface area contributed by atoms with Gasteiger partial charge in [-0.25, -0.2) is 0 Å². The highest BCUT2D eigenvalue weighted by atomic mass is 16.5. The second kappa shape index (κ2) is 18.5. The van der Waals surface area contributed by atoms with E-state index in [1.807, 2.05) is 6.92 Å². The fourth-order valence-electron chi connectivity index (χ4n) is 2.65. The Morgan fingerprint density at radius 1 is 0.917 bits per heavy atom. The third kappa shape index (κ3) is 17.5. The molecule has 0 aromatic heterocycles. The average Bonchev–Trinajstić information content (AvgIpc) is 2.58. The van der Waals surface area contributed by atoms with Gasteiger partial charge in [-0.2, -0.15) is 0 Å². The van der Waals surface area contributed by atoms with Crippen molar-refractivity contribution in [1.29, 1.82) is 0 Å². The summed E-state index contributed by atoms with van der Waals surface area (Å²) >= 11 is 0. The van der Waals surface area contributed by atoms with Crippen molar-refractivity contribution in [2.24, 2.45) is 0 Å². The lowest BCUT2D eigenvalue weighted by atomic mass is 10.1. The summed E-state index contributed by atoms with van der Waals surface area (Å²) in [6, 6.07) is 0. The second-order valence-corrected chi connectivity index (χ2v) is 6.74. The van der Waals surface area contributed by atoms with E-state index in [1.165, 1.54) is 38.5 Å². The van der Waals surface area contributed by atoms with Crippen LogP contribution in [0.5, 0.6) is 0 Å². The summed E-state index contributed by atoms with van der Waals surface area (Å²) < 4.78 is 5.05. The van der Waals surface area contributed by atoms with E-state index in [0.29, 0.717) is 13.0 Å². The van der Waals surface area contributed by atoms with Crippen LogP contribution in [0.25, 0.3) is 0 Å². The molecule has 0 heterocycles. The average molecular weight is 341 g/mol. The summed E-state index contributed by atoms with van der Waals surface area (Å²) in [5.41, 5.74) is 0. The monoisotopic (exact) mass is 340 g/mol. The van der Waals surface area contributed by atoms with Crippen molar-refractivity contribution < 1.29 is 14.6 Å². The lowest BCUT2D eigenvalue weighted by Crippen LogP contribution is -2.04. The number of hydrogen-bond donors (Lipinski definition) is 1. The minimum absolute atomic E-state index is 0.0481. The van der Waals surface area contributed by atoms with Crippen LogP contribution in [0.4, 0.5) is 0 Å². The first-order chi connectivity index (χ1) is 11.7. The first-order valence-corrected chi connectivity index (χ1v) is 10.2. The number of hydrogen-bond acceptors (Lipinski definition) is 3. The third-order valence-electron chi connectivity index (χ3n) is 4.18. The van der Waals surface area contributed by atoms with Crippen LogP contribution in [0, 0.1) is 0 Å². The number of aliphatic hydroxyl groups excluding tert-OH is 1. The lowest BCUT2D eigenvalue weighted by Gasteiger charge is -2.07. The van der Waals surface area contributed by atoms with E-state index in [4.69, 9.17) is 4.74 Å². The molecule has 0 saturated carbocycles. The zero-order chi connectivity index (χ0) is 17.9. The highest BCUT2D eigenvalue weighted by Gasteiger charge is 2.02. The van der Waals surface area contributed by atoms with Crippen molar-refractivity contribution >= 4 is 5.97 Å². The number of carbonyl (C=O) groups is 1. The molecule has 0 aromatic carbocycles. The van der Waals surface area contributed by atoms with Gasteiger partial charge in [0, 0.05) is 6.42 Å². The topological polar surface area (TPSA) is 46.5 Å². The van der Waals surface area contributed by atoms with Gasteiger partial charge in [-0.15, -0.1) is 0 Å². The Balaban J connectivity index is 3.30. The van der Waals surface area contributed by atoms with Gasteiger partial charge in [0.25, 0.3) is 0 Å². The summed E-state index contributed by atoms with van der Waals surface area (Å²) in [6.45, 7) is 4.77. The first kappa shape index (κ1) is 23.2. The molecule has 3 nitrogen and oxygen atoms in total. The smallest absolute Gasteiger partial charge is 0.305 e. The van der Waals surface area contributed by atoms with Crippen LogP contribution in [0.2, 0.25) is 0 Å². The van der Waals surface area contributed by atoms with E-state index in [2.05, 4.69) is 19.1 Å². The highest BCUT2D eigenvalue weighted by molar-refractivity contribution is 5.69. The summed E-state index contributed by atoms with van der Waals surface area (Å²) in [7, 11) is 0. The predicted octanol–water partition coefficient (Wildman–Crippen LogP) is 5.95.